The number of hydrogen-bond donors (Lipinski definition) is 2. The fourth-order valence-electron chi connectivity index (χ4n) is 2.45. The van der Waals surface area contributed by atoms with Crippen LogP contribution in [0.1, 0.15) is 16.7 Å². The average molecular weight is 340 g/mol. The lowest BCUT2D eigenvalue weighted by Crippen LogP contribution is -2.04. The molecule has 5 nitrogen and oxygen atoms in total. The van der Waals surface area contributed by atoms with Gasteiger partial charge in [-0.2, -0.15) is 10.1 Å². The summed E-state index contributed by atoms with van der Waals surface area (Å²) in [4.78, 5) is 4.48. The molecular weight excluding hydrogens is 322 g/mol. The van der Waals surface area contributed by atoms with Gasteiger partial charge < -0.3 is 10.6 Å². The van der Waals surface area contributed by atoms with Gasteiger partial charge >= 0.3 is 0 Å². The van der Waals surface area contributed by atoms with Gasteiger partial charge in [-0.1, -0.05) is 29.8 Å². The SMILES string of the molecule is Cc1cc(Cl)ccc1Nc1cnnc(Nc2c(C)cccc2C)n1. The molecule has 0 unspecified atom stereocenters. The highest BCUT2D eigenvalue weighted by Gasteiger charge is 2.07. The van der Waals surface area contributed by atoms with Gasteiger partial charge in [0.25, 0.3) is 0 Å². The summed E-state index contributed by atoms with van der Waals surface area (Å²) in [6.07, 6.45) is 1.59. The third kappa shape index (κ3) is 3.63. The maximum absolute atomic E-state index is 5.99. The largest absolute Gasteiger partial charge is 0.339 e. The van der Waals surface area contributed by atoms with E-state index in [4.69, 9.17) is 11.6 Å². The van der Waals surface area contributed by atoms with Crippen LogP contribution in [-0.2, 0) is 0 Å². The van der Waals surface area contributed by atoms with E-state index < -0.39 is 0 Å². The van der Waals surface area contributed by atoms with Gasteiger partial charge in [-0.3, -0.25) is 0 Å². The van der Waals surface area contributed by atoms with Crippen LogP contribution in [0.3, 0.4) is 0 Å². The van der Waals surface area contributed by atoms with Crippen molar-refractivity contribution < 1.29 is 0 Å². The molecular formula is C18H18ClN5. The highest BCUT2D eigenvalue weighted by atomic mass is 35.5. The molecule has 1 aromatic heterocycles. The van der Waals surface area contributed by atoms with Crippen molar-refractivity contribution in [2.45, 2.75) is 20.8 Å². The monoisotopic (exact) mass is 339 g/mol. The minimum Gasteiger partial charge on any atom is -0.339 e. The van der Waals surface area contributed by atoms with Gasteiger partial charge in [0.05, 0.1) is 6.20 Å². The van der Waals surface area contributed by atoms with Gasteiger partial charge in [-0.25, -0.2) is 0 Å². The molecule has 3 aromatic rings. The molecule has 0 fully saturated rings. The molecule has 0 spiro atoms. The van der Waals surface area contributed by atoms with E-state index in [-0.39, 0.29) is 0 Å². The van der Waals surface area contributed by atoms with E-state index in [1.54, 1.807) is 6.20 Å². The summed E-state index contributed by atoms with van der Waals surface area (Å²) >= 11 is 5.99. The van der Waals surface area contributed by atoms with Gasteiger partial charge in [0.15, 0.2) is 5.82 Å². The van der Waals surface area contributed by atoms with Crippen LogP contribution in [0.2, 0.25) is 5.02 Å². The lowest BCUT2D eigenvalue weighted by molar-refractivity contribution is 0.980. The van der Waals surface area contributed by atoms with Gasteiger partial charge in [0, 0.05) is 16.4 Å². The Morgan fingerprint density at radius 2 is 1.67 bits per heavy atom. The van der Waals surface area contributed by atoms with Crippen LogP contribution in [0.5, 0.6) is 0 Å². The Morgan fingerprint density at radius 3 is 2.38 bits per heavy atom. The minimum atomic E-state index is 0.448. The summed E-state index contributed by atoms with van der Waals surface area (Å²) in [6, 6.07) is 11.8. The Morgan fingerprint density at radius 1 is 0.917 bits per heavy atom. The lowest BCUT2D eigenvalue weighted by atomic mass is 10.1. The lowest BCUT2D eigenvalue weighted by Gasteiger charge is -2.12. The quantitative estimate of drug-likeness (QED) is 0.705. The van der Waals surface area contributed by atoms with Crippen molar-refractivity contribution in [3.05, 3.63) is 64.3 Å². The molecule has 6 heteroatoms. The zero-order chi connectivity index (χ0) is 17.1. The first-order valence-corrected chi connectivity index (χ1v) is 7.97. The number of nitrogens with zero attached hydrogens (tertiary/aromatic N) is 3. The number of nitrogens with one attached hydrogen (secondary N) is 2. The molecule has 0 aliphatic heterocycles. The number of para-hydroxylation sites is 1. The zero-order valence-corrected chi connectivity index (χ0v) is 14.5. The van der Waals surface area contributed by atoms with Crippen molar-refractivity contribution in [1.29, 1.82) is 0 Å². The number of hydrogen-bond acceptors (Lipinski definition) is 5. The summed E-state index contributed by atoms with van der Waals surface area (Å²) in [5.74, 6) is 1.06. The number of benzene rings is 2. The molecule has 1 heterocycles. The molecule has 2 aromatic carbocycles. The summed E-state index contributed by atoms with van der Waals surface area (Å²) in [5, 5.41) is 15.3. The first-order chi connectivity index (χ1) is 11.5. The predicted octanol–water partition coefficient (Wildman–Crippen LogP) is 4.94. The maximum atomic E-state index is 5.99. The number of anilines is 4. The van der Waals surface area contributed by atoms with Gasteiger partial charge in [0.2, 0.25) is 5.95 Å². The number of halogens is 1. The third-order valence-corrected chi connectivity index (χ3v) is 3.96. The summed E-state index contributed by atoms with van der Waals surface area (Å²) in [7, 11) is 0. The van der Waals surface area contributed by atoms with Crippen LogP contribution in [0, 0.1) is 20.8 Å². The number of aromatic nitrogens is 3. The molecule has 0 saturated heterocycles. The average Bonchev–Trinajstić information content (AvgIpc) is 2.54. The van der Waals surface area contributed by atoms with Crippen LogP contribution in [0.25, 0.3) is 0 Å². The van der Waals surface area contributed by atoms with E-state index >= 15 is 0 Å². The van der Waals surface area contributed by atoms with Crippen molar-refractivity contribution in [2.75, 3.05) is 10.6 Å². The molecule has 24 heavy (non-hydrogen) atoms. The fourth-order valence-corrected chi connectivity index (χ4v) is 2.67. The van der Waals surface area contributed by atoms with Gasteiger partial charge in [0.1, 0.15) is 0 Å². The molecule has 0 amide bonds. The fraction of sp³-hybridized carbons (Fsp3) is 0.167. The maximum Gasteiger partial charge on any atom is 0.249 e. The van der Waals surface area contributed by atoms with Crippen molar-refractivity contribution in [3.63, 3.8) is 0 Å². The predicted molar refractivity (Wildman–Crippen MR) is 98.5 cm³/mol. The van der Waals surface area contributed by atoms with Crippen molar-refractivity contribution in [1.82, 2.24) is 15.2 Å². The summed E-state index contributed by atoms with van der Waals surface area (Å²) in [6.45, 7) is 6.07. The molecule has 0 saturated carbocycles. The Kier molecular flexibility index (Phi) is 4.62. The molecule has 3 rings (SSSR count). The highest BCUT2D eigenvalue weighted by molar-refractivity contribution is 6.30. The van der Waals surface area contributed by atoms with Crippen LogP contribution in [0.4, 0.5) is 23.1 Å². The Bertz CT molecular complexity index is 859. The van der Waals surface area contributed by atoms with Gasteiger partial charge in [-0.05, 0) is 55.7 Å². The van der Waals surface area contributed by atoms with Crippen molar-refractivity contribution in [2.24, 2.45) is 0 Å². The van der Waals surface area contributed by atoms with Gasteiger partial charge in [-0.15, -0.1) is 5.10 Å². The third-order valence-electron chi connectivity index (χ3n) is 3.73. The second kappa shape index (κ2) is 6.84. The normalized spacial score (nSPS) is 10.5. The van der Waals surface area contributed by atoms with E-state index in [1.165, 1.54) is 0 Å². The molecule has 0 aliphatic carbocycles. The molecule has 122 valence electrons. The van der Waals surface area contributed by atoms with Crippen molar-refractivity contribution in [3.8, 4) is 0 Å². The van der Waals surface area contributed by atoms with Crippen LogP contribution < -0.4 is 10.6 Å². The Labute approximate surface area is 146 Å². The van der Waals surface area contributed by atoms with Crippen molar-refractivity contribution >= 4 is 34.7 Å². The Balaban J connectivity index is 1.84. The topological polar surface area (TPSA) is 62.7 Å². The van der Waals surface area contributed by atoms with E-state index in [2.05, 4.69) is 25.8 Å². The van der Waals surface area contributed by atoms with E-state index in [0.717, 1.165) is 28.1 Å². The van der Waals surface area contributed by atoms with E-state index in [1.807, 2.05) is 57.2 Å². The van der Waals surface area contributed by atoms with E-state index in [9.17, 15) is 0 Å². The molecule has 2 N–H and O–H groups in total. The zero-order valence-electron chi connectivity index (χ0n) is 13.8. The standard InChI is InChI=1S/C18H18ClN5/c1-11-5-4-6-12(2)17(11)23-18-22-16(10-20-24-18)21-15-8-7-14(19)9-13(15)3/h4-10H,1-3H3,(H2,21,22,23,24). The first kappa shape index (κ1) is 16.2. The summed E-state index contributed by atoms with van der Waals surface area (Å²) in [5.41, 5.74) is 5.22. The summed E-state index contributed by atoms with van der Waals surface area (Å²) < 4.78 is 0. The second-order valence-electron chi connectivity index (χ2n) is 5.64. The number of aryl methyl sites for hydroxylation is 3. The molecule has 0 atom stereocenters. The number of rotatable bonds is 4. The minimum absolute atomic E-state index is 0.448. The highest BCUT2D eigenvalue weighted by Crippen LogP contribution is 2.25. The van der Waals surface area contributed by atoms with E-state index in [0.29, 0.717) is 16.8 Å². The first-order valence-electron chi connectivity index (χ1n) is 7.59. The van der Waals surface area contributed by atoms with Crippen LogP contribution in [0.15, 0.2) is 42.6 Å². The Hall–Kier alpha value is -2.66. The molecule has 0 bridgehead atoms. The molecule has 0 aliphatic rings. The second-order valence-corrected chi connectivity index (χ2v) is 6.08. The van der Waals surface area contributed by atoms with Crippen LogP contribution in [-0.4, -0.2) is 15.2 Å². The smallest absolute Gasteiger partial charge is 0.249 e. The molecule has 0 radical (unpaired) electrons. The van der Waals surface area contributed by atoms with Crippen LogP contribution >= 0.6 is 11.6 Å².